The van der Waals surface area contributed by atoms with Crippen molar-refractivity contribution in [2.75, 3.05) is 6.61 Å². The molecule has 1 atom stereocenters. The van der Waals surface area contributed by atoms with Gasteiger partial charge in [0.2, 0.25) is 0 Å². The third-order valence-electron chi connectivity index (χ3n) is 3.62. The zero-order valence-electron chi connectivity index (χ0n) is 11.7. The smallest absolute Gasteiger partial charge is 0.0574 e. The van der Waals surface area contributed by atoms with Gasteiger partial charge in [-0.15, -0.1) is 0 Å². The Bertz CT molecular complexity index is 149. The van der Waals surface area contributed by atoms with Gasteiger partial charge in [0.1, 0.15) is 0 Å². The number of nitrogens with two attached hydrogens (primary N) is 1. The van der Waals surface area contributed by atoms with Crippen LogP contribution >= 0.6 is 0 Å². The third-order valence-corrected chi connectivity index (χ3v) is 3.62. The molecule has 2 nitrogen and oxygen atoms in total. The van der Waals surface area contributed by atoms with E-state index in [0.29, 0.717) is 6.10 Å². The Morgan fingerprint density at radius 3 is 2.12 bits per heavy atom. The number of hydrogen-bond acceptors (Lipinski definition) is 2. The van der Waals surface area contributed by atoms with Gasteiger partial charge < -0.3 is 10.5 Å². The highest BCUT2D eigenvalue weighted by atomic mass is 16.5. The molecule has 2 heteroatoms. The maximum Gasteiger partial charge on any atom is 0.0574 e. The summed E-state index contributed by atoms with van der Waals surface area (Å²) in [5.74, 6) is 0. The molecule has 0 saturated heterocycles. The first kappa shape index (κ1) is 15.9. The molecule has 98 valence electrons. The van der Waals surface area contributed by atoms with Crippen molar-refractivity contribution in [1.82, 2.24) is 0 Å². The van der Waals surface area contributed by atoms with E-state index in [1.165, 1.54) is 25.7 Å². The first-order chi connectivity index (χ1) is 7.61. The zero-order valence-corrected chi connectivity index (χ0v) is 11.7. The third kappa shape index (κ3) is 6.49. The molecule has 0 spiro atoms. The SMILES string of the molecule is CCCC(CCCC(N)(CC)CC)OCC. The lowest BCUT2D eigenvalue weighted by Gasteiger charge is -2.27. The Morgan fingerprint density at radius 2 is 1.69 bits per heavy atom. The maximum atomic E-state index is 6.29. The summed E-state index contributed by atoms with van der Waals surface area (Å²) >= 11 is 0. The van der Waals surface area contributed by atoms with Crippen LogP contribution in [0.5, 0.6) is 0 Å². The van der Waals surface area contributed by atoms with Gasteiger partial charge in [0.25, 0.3) is 0 Å². The fourth-order valence-electron chi connectivity index (χ4n) is 2.15. The van der Waals surface area contributed by atoms with Crippen LogP contribution in [0.25, 0.3) is 0 Å². The maximum absolute atomic E-state index is 6.29. The van der Waals surface area contributed by atoms with Crippen LogP contribution in [0.3, 0.4) is 0 Å². The summed E-state index contributed by atoms with van der Waals surface area (Å²) in [5, 5.41) is 0. The summed E-state index contributed by atoms with van der Waals surface area (Å²) in [4.78, 5) is 0. The van der Waals surface area contributed by atoms with E-state index in [-0.39, 0.29) is 5.54 Å². The Labute approximate surface area is 102 Å². The molecular weight excluding hydrogens is 198 g/mol. The first-order valence-corrected chi connectivity index (χ1v) is 7.02. The van der Waals surface area contributed by atoms with E-state index in [4.69, 9.17) is 10.5 Å². The molecule has 0 bridgehead atoms. The predicted octanol–water partition coefficient (Wildman–Crippen LogP) is 3.88. The van der Waals surface area contributed by atoms with Crippen LogP contribution in [0.1, 0.15) is 72.6 Å². The fraction of sp³-hybridized carbons (Fsp3) is 1.00. The Kier molecular flexibility index (Phi) is 8.96. The minimum absolute atomic E-state index is 0.0585. The molecule has 0 saturated carbocycles. The lowest BCUT2D eigenvalue weighted by atomic mass is 9.87. The second-order valence-corrected chi connectivity index (χ2v) is 4.83. The van der Waals surface area contributed by atoms with Crippen molar-refractivity contribution in [3.63, 3.8) is 0 Å². The van der Waals surface area contributed by atoms with Crippen molar-refractivity contribution in [2.24, 2.45) is 5.73 Å². The minimum Gasteiger partial charge on any atom is -0.379 e. The lowest BCUT2D eigenvalue weighted by Crippen LogP contribution is -2.38. The van der Waals surface area contributed by atoms with Gasteiger partial charge in [-0.2, -0.15) is 0 Å². The lowest BCUT2D eigenvalue weighted by molar-refractivity contribution is 0.0471. The van der Waals surface area contributed by atoms with Crippen molar-refractivity contribution in [1.29, 1.82) is 0 Å². The van der Waals surface area contributed by atoms with Crippen molar-refractivity contribution < 1.29 is 4.74 Å². The van der Waals surface area contributed by atoms with Gasteiger partial charge in [-0.3, -0.25) is 0 Å². The van der Waals surface area contributed by atoms with E-state index in [2.05, 4.69) is 27.7 Å². The molecule has 0 aliphatic heterocycles. The van der Waals surface area contributed by atoms with Crippen molar-refractivity contribution >= 4 is 0 Å². The summed E-state index contributed by atoms with van der Waals surface area (Å²) in [6, 6.07) is 0. The summed E-state index contributed by atoms with van der Waals surface area (Å²) < 4.78 is 5.72. The number of rotatable bonds is 10. The molecular formula is C14H31NO. The molecule has 0 fully saturated rings. The predicted molar refractivity (Wildman–Crippen MR) is 71.7 cm³/mol. The molecule has 16 heavy (non-hydrogen) atoms. The Balaban J connectivity index is 3.83. The molecule has 0 amide bonds. The average Bonchev–Trinajstić information content (AvgIpc) is 2.29. The fourth-order valence-corrected chi connectivity index (χ4v) is 2.15. The molecule has 0 aliphatic carbocycles. The topological polar surface area (TPSA) is 35.2 Å². The molecule has 0 aromatic heterocycles. The summed E-state index contributed by atoms with van der Waals surface area (Å²) in [7, 11) is 0. The molecule has 0 aromatic rings. The highest BCUT2D eigenvalue weighted by Crippen LogP contribution is 2.21. The van der Waals surface area contributed by atoms with Gasteiger partial charge in [0.15, 0.2) is 0 Å². The van der Waals surface area contributed by atoms with E-state index in [1.807, 2.05) is 0 Å². The van der Waals surface area contributed by atoms with Gasteiger partial charge in [0.05, 0.1) is 6.10 Å². The van der Waals surface area contributed by atoms with Crippen molar-refractivity contribution in [3.05, 3.63) is 0 Å². The van der Waals surface area contributed by atoms with E-state index in [1.54, 1.807) is 0 Å². The van der Waals surface area contributed by atoms with E-state index in [0.717, 1.165) is 25.9 Å². The second kappa shape index (κ2) is 9.00. The Morgan fingerprint density at radius 1 is 1.06 bits per heavy atom. The minimum atomic E-state index is 0.0585. The van der Waals surface area contributed by atoms with Gasteiger partial charge in [-0.25, -0.2) is 0 Å². The standard InChI is InChI=1S/C14H31NO/c1-5-10-13(16-8-4)11-9-12-14(15,6-2)7-3/h13H,5-12,15H2,1-4H3. The average molecular weight is 229 g/mol. The highest BCUT2D eigenvalue weighted by Gasteiger charge is 2.20. The van der Waals surface area contributed by atoms with Crippen molar-refractivity contribution in [3.8, 4) is 0 Å². The molecule has 0 aromatic carbocycles. The van der Waals surface area contributed by atoms with Gasteiger partial charge >= 0.3 is 0 Å². The van der Waals surface area contributed by atoms with Gasteiger partial charge in [-0.1, -0.05) is 27.2 Å². The van der Waals surface area contributed by atoms with Crippen molar-refractivity contribution in [2.45, 2.75) is 84.3 Å². The van der Waals surface area contributed by atoms with Crippen LogP contribution in [0, 0.1) is 0 Å². The van der Waals surface area contributed by atoms with Gasteiger partial charge in [0, 0.05) is 12.1 Å². The highest BCUT2D eigenvalue weighted by molar-refractivity contribution is 4.80. The quantitative estimate of drug-likeness (QED) is 0.617. The van der Waals surface area contributed by atoms with Crippen LogP contribution in [0.2, 0.25) is 0 Å². The van der Waals surface area contributed by atoms with E-state index < -0.39 is 0 Å². The van der Waals surface area contributed by atoms with Crippen LogP contribution < -0.4 is 5.73 Å². The monoisotopic (exact) mass is 229 g/mol. The van der Waals surface area contributed by atoms with Crippen LogP contribution in [0.4, 0.5) is 0 Å². The number of hydrogen-bond donors (Lipinski definition) is 1. The summed E-state index contributed by atoms with van der Waals surface area (Å²) in [6.07, 6.45) is 8.50. The van der Waals surface area contributed by atoms with E-state index >= 15 is 0 Å². The molecule has 1 unspecified atom stereocenters. The normalized spacial score (nSPS) is 14.1. The molecule has 2 N–H and O–H groups in total. The molecule has 0 radical (unpaired) electrons. The molecule has 0 rings (SSSR count). The van der Waals surface area contributed by atoms with Crippen LogP contribution in [0.15, 0.2) is 0 Å². The summed E-state index contributed by atoms with van der Waals surface area (Å²) in [6.45, 7) is 9.51. The van der Waals surface area contributed by atoms with Gasteiger partial charge in [-0.05, 0) is 45.4 Å². The van der Waals surface area contributed by atoms with Crippen LogP contribution in [-0.4, -0.2) is 18.2 Å². The molecule has 0 aliphatic rings. The zero-order chi connectivity index (χ0) is 12.4. The first-order valence-electron chi connectivity index (χ1n) is 7.02. The van der Waals surface area contributed by atoms with E-state index in [9.17, 15) is 0 Å². The second-order valence-electron chi connectivity index (χ2n) is 4.83. The summed E-state index contributed by atoms with van der Waals surface area (Å²) in [5.41, 5.74) is 6.35. The molecule has 0 heterocycles. The van der Waals surface area contributed by atoms with Crippen LogP contribution in [-0.2, 0) is 4.74 Å². The largest absolute Gasteiger partial charge is 0.379 e. The number of ether oxygens (including phenoxy) is 1. The Hall–Kier alpha value is -0.0800.